The molecule has 7 rings (SSSR count). The van der Waals surface area contributed by atoms with E-state index in [9.17, 15) is 9.59 Å². The van der Waals surface area contributed by atoms with Gasteiger partial charge in [0.1, 0.15) is 22.9 Å². The van der Waals surface area contributed by atoms with E-state index in [0.29, 0.717) is 89.7 Å². The Bertz CT molecular complexity index is 1930. The van der Waals surface area contributed by atoms with Crippen LogP contribution in [0.15, 0.2) is 60.9 Å². The number of hydrogen-bond acceptors (Lipinski definition) is 12. The number of nitrogens with zero attached hydrogens (tertiary/aromatic N) is 8. The maximum Gasteiger partial charge on any atom is 0.410 e. The number of ether oxygens (including phenoxy) is 4. The molecular weight excluding hydrogens is 727 g/mol. The third kappa shape index (κ3) is 9.82. The molecule has 2 saturated heterocycles. The molecule has 3 aliphatic heterocycles. The molecule has 4 aromatic rings. The second-order valence-corrected chi connectivity index (χ2v) is 15.6. The van der Waals surface area contributed by atoms with Crippen LogP contribution in [0.4, 0.5) is 27.3 Å². The molecule has 5 heterocycles. The van der Waals surface area contributed by atoms with E-state index >= 15 is 0 Å². The second kappa shape index (κ2) is 17.6. The van der Waals surface area contributed by atoms with Crippen molar-refractivity contribution in [1.82, 2.24) is 30.2 Å². The average Bonchev–Trinajstić information content (AvgIpc) is 3.67. The monoisotopic (exact) mass is 779 g/mol. The van der Waals surface area contributed by atoms with Gasteiger partial charge in [0.15, 0.2) is 0 Å². The summed E-state index contributed by atoms with van der Waals surface area (Å²) in [5.74, 6) is 3.56. The van der Waals surface area contributed by atoms with Crippen molar-refractivity contribution in [3.63, 3.8) is 0 Å². The molecule has 3 aliphatic rings. The maximum absolute atomic E-state index is 13.8. The zero-order chi connectivity index (χ0) is 39.9. The fraction of sp³-hybridized carbons (Fsp3) is 0.476. The van der Waals surface area contributed by atoms with Gasteiger partial charge >= 0.3 is 12.1 Å². The van der Waals surface area contributed by atoms with E-state index < -0.39 is 5.60 Å². The number of hydrogen-bond donors (Lipinski definition) is 1. The highest BCUT2D eigenvalue weighted by Crippen LogP contribution is 2.36. The summed E-state index contributed by atoms with van der Waals surface area (Å²) in [6, 6.07) is 15.8. The lowest BCUT2D eigenvalue weighted by atomic mass is 9.97. The first-order valence-electron chi connectivity index (χ1n) is 19.7. The van der Waals surface area contributed by atoms with Crippen molar-refractivity contribution in [2.75, 3.05) is 81.4 Å². The fourth-order valence-corrected chi connectivity index (χ4v) is 7.26. The molecule has 2 fully saturated rings. The number of fused-ring (bicyclic) bond motifs is 1. The highest BCUT2D eigenvalue weighted by Gasteiger charge is 2.33. The van der Waals surface area contributed by atoms with Crippen molar-refractivity contribution in [2.45, 2.75) is 58.7 Å². The normalized spacial score (nSPS) is 15.9. The summed E-state index contributed by atoms with van der Waals surface area (Å²) in [4.78, 5) is 53.9. The van der Waals surface area contributed by atoms with Crippen molar-refractivity contribution >= 4 is 29.8 Å². The molecule has 0 aliphatic carbocycles. The summed E-state index contributed by atoms with van der Waals surface area (Å²) in [5, 5.41) is 3.16. The highest BCUT2D eigenvalue weighted by atomic mass is 16.6. The van der Waals surface area contributed by atoms with Gasteiger partial charge in [-0.05, 0) is 81.3 Å². The van der Waals surface area contributed by atoms with Crippen LogP contribution in [0.2, 0.25) is 0 Å². The minimum Gasteiger partial charge on any atom is -0.497 e. The van der Waals surface area contributed by atoms with Crippen molar-refractivity contribution in [1.29, 1.82) is 0 Å². The smallest absolute Gasteiger partial charge is 0.410 e. The van der Waals surface area contributed by atoms with Gasteiger partial charge in [-0.15, -0.1) is 0 Å². The van der Waals surface area contributed by atoms with Gasteiger partial charge in [-0.25, -0.2) is 24.5 Å². The Morgan fingerprint density at radius 1 is 0.842 bits per heavy atom. The molecule has 1 N–H and O–H groups in total. The third-order valence-electron chi connectivity index (χ3n) is 10.4. The number of amides is 3. The first-order valence-corrected chi connectivity index (χ1v) is 19.7. The zero-order valence-corrected chi connectivity index (χ0v) is 33.6. The van der Waals surface area contributed by atoms with Crippen molar-refractivity contribution in [3.05, 3.63) is 77.6 Å². The number of anilines is 3. The van der Waals surface area contributed by atoms with Gasteiger partial charge in [0, 0.05) is 75.9 Å². The summed E-state index contributed by atoms with van der Waals surface area (Å²) < 4.78 is 21.9. The number of likely N-dealkylation sites (tertiary alicyclic amines) is 1. The molecule has 15 heteroatoms. The number of carbonyl (C=O) groups excluding carboxylic acids is 2. The SMILES string of the molecule is COc1ccc(CN(Cc2ccc(OC)cc2)c2ncc(-c3nc(N4CCOCC4)nc4c3CCN4C(=O)NCC3CCN(C(=O)OC(C)(C)C)CC3)cn2)cc1. The van der Waals surface area contributed by atoms with Crippen LogP contribution >= 0.6 is 0 Å². The van der Waals surface area contributed by atoms with Crippen LogP contribution in [-0.2, 0) is 29.0 Å². The second-order valence-electron chi connectivity index (χ2n) is 15.6. The van der Waals surface area contributed by atoms with Crippen LogP contribution in [0, 0.1) is 5.92 Å². The number of benzene rings is 2. The number of urea groups is 1. The van der Waals surface area contributed by atoms with E-state index in [2.05, 4.69) is 15.1 Å². The lowest BCUT2D eigenvalue weighted by Gasteiger charge is -2.33. The van der Waals surface area contributed by atoms with Crippen LogP contribution in [-0.4, -0.2) is 109 Å². The maximum atomic E-state index is 13.8. The van der Waals surface area contributed by atoms with Crippen LogP contribution in [0.3, 0.4) is 0 Å². The van der Waals surface area contributed by atoms with E-state index in [0.717, 1.165) is 52.3 Å². The fourth-order valence-electron chi connectivity index (χ4n) is 7.26. The predicted octanol–water partition coefficient (Wildman–Crippen LogP) is 5.71. The quantitative estimate of drug-likeness (QED) is 0.199. The minimum absolute atomic E-state index is 0.194. The van der Waals surface area contributed by atoms with Crippen LogP contribution < -0.4 is 29.5 Å². The number of nitrogens with one attached hydrogen (secondary N) is 1. The number of aromatic nitrogens is 4. The predicted molar refractivity (Wildman–Crippen MR) is 217 cm³/mol. The van der Waals surface area contributed by atoms with Crippen molar-refractivity contribution in [3.8, 4) is 22.8 Å². The Kier molecular flexibility index (Phi) is 12.2. The number of morpholine rings is 1. The summed E-state index contributed by atoms with van der Waals surface area (Å²) >= 11 is 0. The molecule has 0 bridgehead atoms. The van der Waals surface area contributed by atoms with E-state index in [1.165, 1.54) is 0 Å². The number of rotatable bonds is 11. The molecule has 57 heavy (non-hydrogen) atoms. The van der Waals surface area contributed by atoms with Crippen LogP contribution in [0.5, 0.6) is 11.5 Å². The molecule has 15 nitrogen and oxygen atoms in total. The van der Waals surface area contributed by atoms with Crippen LogP contribution in [0.25, 0.3) is 11.3 Å². The number of carbonyl (C=O) groups is 2. The van der Waals surface area contributed by atoms with Gasteiger partial charge in [0.25, 0.3) is 0 Å². The number of piperidine rings is 1. The van der Waals surface area contributed by atoms with Crippen molar-refractivity contribution in [2.24, 2.45) is 5.92 Å². The van der Waals surface area contributed by atoms with Gasteiger partial charge < -0.3 is 39.0 Å². The summed E-state index contributed by atoms with van der Waals surface area (Å²) in [6.45, 7) is 11.4. The molecule has 0 radical (unpaired) electrons. The molecule has 0 spiro atoms. The lowest BCUT2D eigenvalue weighted by Crippen LogP contribution is -2.46. The Morgan fingerprint density at radius 3 is 2.00 bits per heavy atom. The van der Waals surface area contributed by atoms with Gasteiger partial charge in [0.2, 0.25) is 11.9 Å². The molecule has 302 valence electrons. The molecule has 3 amide bonds. The van der Waals surface area contributed by atoms with E-state index in [1.807, 2.05) is 81.7 Å². The molecule has 0 atom stereocenters. The molecule has 0 unspecified atom stereocenters. The number of methoxy groups -OCH3 is 2. The Balaban J connectivity index is 1.10. The largest absolute Gasteiger partial charge is 0.497 e. The first-order chi connectivity index (χ1) is 27.6. The highest BCUT2D eigenvalue weighted by molar-refractivity contribution is 5.94. The summed E-state index contributed by atoms with van der Waals surface area (Å²) in [7, 11) is 3.32. The zero-order valence-electron chi connectivity index (χ0n) is 33.6. The average molecular weight is 780 g/mol. The summed E-state index contributed by atoms with van der Waals surface area (Å²) in [5.41, 5.74) is 4.00. The van der Waals surface area contributed by atoms with Gasteiger partial charge in [-0.3, -0.25) is 4.90 Å². The molecule has 0 saturated carbocycles. The molecular formula is C42H53N9O6. The Morgan fingerprint density at radius 2 is 1.44 bits per heavy atom. The molecule has 2 aromatic carbocycles. The Labute approximate surface area is 334 Å². The molecule has 2 aromatic heterocycles. The first kappa shape index (κ1) is 39.5. The lowest BCUT2D eigenvalue weighted by molar-refractivity contribution is 0.0184. The van der Waals surface area contributed by atoms with Gasteiger partial charge in [0.05, 0.1) is 33.1 Å². The minimum atomic E-state index is -0.534. The van der Waals surface area contributed by atoms with Crippen molar-refractivity contribution < 1.29 is 28.5 Å². The van der Waals surface area contributed by atoms with Gasteiger partial charge in [-0.1, -0.05) is 24.3 Å². The standard InChI is InChI=1S/C42H53N9O6/c1-42(2,3)57-41(53)49-17-14-29(15-18-49)24-45-40(52)51-19-16-35-36(46-39(47-37(35)51)48-20-22-56-23-21-48)32-25-43-38(44-26-32)50(27-30-6-10-33(54-4)11-7-30)28-31-8-12-34(55-5)13-9-31/h6-13,25-26,29H,14-24,27-28H2,1-5H3,(H,45,52). The third-order valence-corrected chi connectivity index (χ3v) is 10.4. The van der Waals surface area contributed by atoms with E-state index in [1.54, 1.807) is 24.0 Å². The van der Waals surface area contributed by atoms with Gasteiger partial charge in [-0.2, -0.15) is 4.98 Å². The summed E-state index contributed by atoms with van der Waals surface area (Å²) in [6.07, 6.45) is 5.52. The Hall–Kier alpha value is -5.70. The van der Waals surface area contributed by atoms with Crippen LogP contribution in [0.1, 0.15) is 50.3 Å². The topological polar surface area (TPSA) is 148 Å². The van der Waals surface area contributed by atoms with E-state index in [-0.39, 0.29) is 18.0 Å². The van der Waals surface area contributed by atoms with E-state index in [4.69, 9.17) is 38.9 Å².